The molecule has 4 nitrogen and oxygen atoms in total. The molecule has 2 aliphatic rings. The fraction of sp³-hybridized carbons (Fsp3) is 0.304. The summed E-state index contributed by atoms with van der Waals surface area (Å²) in [4.78, 5) is 25.5. The average molecular weight is 361 g/mol. The molecular formula is C23H23NO3. The quantitative estimate of drug-likeness (QED) is 0.732. The number of hydrogen-bond donors (Lipinski definition) is 0. The Morgan fingerprint density at radius 3 is 2.56 bits per heavy atom. The van der Waals surface area contributed by atoms with Crippen molar-refractivity contribution in [3.63, 3.8) is 0 Å². The molecule has 0 spiro atoms. The number of carbonyl (C=O) groups is 2. The minimum absolute atomic E-state index is 0.0847. The first-order valence-corrected chi connectivity index (χ1v) is 9.50. The Morgan fingerprint density at radius 1 is 1.07 bits per heavy atom. The summed E-state index contributed by atoms with van der Waals surface area (Å²) in [6.45, 7) is 0.305. The third kappa shape index (κ3) is 3.80. The minimum Gasteiger partial charge on any atom is -0.445 e. The van der Waals surface area contributed by atoms with Crippen LogP contribution in [0.4, 0.5) is 4.79 Å². The molecule has 2 unspecified atom stereocenters. The van der Waals surface area contributed by atoms with Crippen molar-refractivity contribution in [3.05, 3.63) is 77.4 Å². The molecule has 2 atom stereocenters. The summed E-state index contributed by atoms with van der Waals surface area (Å²) in [5, 5.41) is 0. The molecule has 0 N–H and O–H groups in total. The van der Waals surface area contributed by atoms with Gasteiger partial charge in [0.1, 0.15) is 12.9 Å². The zero-order chi connectivity index (χ0) is 18.6. The Balaban J connectivity index is 1.49. The van der Waals surface area contributed by atoms with Gasteiger partial charge in [-0.25, -0.2) is 4.79 Å². The van der Waals surface area contributed by atoms with Crippen molar-refractivity contribution in [2.45, 2.75) is 44.4 Å². The highest BCUT2D eigenvalue weighted by Gasteiger charge is 2.38. The Bertz CT molecular complexity index is 842. The van der Waals surface area contributed by atoms with E-state index in [9.17, 15) is 9.59 Å². The number of nitrogens with zero attached hydrogens (tertiary/aromatic N) is 1. The number of amides is 1. The van der Waals surface area contributed by atoms with E-state index in [1.165, 1.54) is 5.57 Å². The molecule has 4 heteroatoms. The lowest BCUT2D eigenvalue weighted by Crippen LogP contribution is -2.51. The molecule has 27 heavy (non-hydrogen) atoms. The Hall–Kier alpha value is -2.88. The molecule has 0 saturated carbocycles. The molecular weight excluding hydrogens is 338 g/mol. The molecule has 0 aromatic heterocycles. The monoisotopic (exact) mass is 361 g/mol. The maximum Gasteiger partial charge on any atom is 0.410 e. The highest BCUT2D eigenvalue weighted by atomic mass is 16.6. The number of piperidine rings is 1. The lowest BCUT2D eigenvalue weighted by atomic mass is 9.83. The molecule has 2 aromatic rings. The molecule has 2 aliphatic heterocycles. The number of aldehydes is 1. The number of benzene rings is 2. The van der Waals surface area contributed by atoms with Crippen LogP contribution in [0.15, 0.2) is 60.7 Å². The molecule has 2 bridgehead atoms. The number of hydrogen-bond acceptors (Lipinski definition) is 3. The molecule has 2 heterocycles. The van der Waals surface area contributed by atoms with Crippen LogP contribution in [0.3, 0.4) is 0 Å². The number of fused-ring (bicyclic) bond motifs is 2. The SMILES string of the molecule is O=Cc1ccc(C2=CC3CCCC(C2)N3C(=O)OCc2ccccc2)cc1. The van der Waals surface area contributed by atoms with Crippen molar-refractivity contribution in [1.29, 1.82) is 0 Å². The van der Waals surface area contributed by atoms with Gasteiger partial charge in [0, 0.05) is 11.6 Å². The van der Waals surface area contributed by atoms with Crippen molar-refractivity contribution in [2.75, 3.05) is 0 Å². The number of ether oxygens (including phenoxy) is 1. The zero-order valence-corrected chi connectivity index (χ0v) is 15.2. The van der Waals surface area contributed by atoms with Crippen LogP contribution in [-0.2, 0) is 11.3 Å². The molecule has 1 amide bonds. The molecule has 138 valence electrons. The van der Waals surface area contributed by atoms with Gasteiger partial charge in [-0.1, -0.05) is 60.7 Å². The van der Waals surface area contributed by atoms with Crippen LogP contribution >= 0.6 is 0 Å². The van der Waals surface area contributed by atoms with Crippen molar-refractivity contribution in [1.82, 2.24) is 4.90 Å². The minimum atomic E-state index is -0.222. The van der Waals surface area contributed by atoms with Gasteiger partial charge in [0.05, 0.1) is 6.04 Å². The predicted molar refractivity (Wildman–Crippen MR) is 104 cm³/mol. The van der Waals surface area contributed by atoms with E-state index in [0.29, 0.717) is 12.2 Å². The number of rotatable bonds is 4. The summed E-state index contributed by atoms with van der Waals surface area (Å²) in [7, 11) is 0. The van der Waals surface area contributed by atoms with Crippen LogP contribution in [0.25, 0.3) is 5.57 Å². The summed E-state index contributed by atoms with van der Waals surface area (Å²) >= 11 is 0. The second-order valence-electron chi connectivity index (χ2n) is 7.24. The molecule has 1 saturated heterocycles. The largest absolute Gasteiger partial charge is 0.445 e. The Labute approximate surface area is 159 Å². The van der Waals surface area contributed by atoms with Crippen LogP contribution < -0.4 is 0 Å². The number of carbonyl (C=O) groups excluding carboxylic acids is 2. The van der Waals surface area contributed by atoms with Crippen LogP contribution in [0.2, 0.25) is 0 Å². The van der Waals surface area contributed by atoms with Crippen molar-refractivity contribution in [2.24, 2.45) is 0 Å². The van der Waals surface area contributed by atoms with Gasteiger partial charge in [-0.3, -0.25) is 9.69 Å². The summed E-state index contributed by atoms with van der Waals surface area (Å²) in [6.07, 6.45) is 6.77. The maximum atomic E-state index is 12.7. The fourth-order valence-corrected chi connectivity index (χ4v) is 4.10. The Morgan fingerprint density at radius 2 is 1.85 bits per heavy atom. The molecule has 2 aromatic carbocycles. The second kappa shape index (κ2) is 7.78. The van der Waals surface area contributed by atoms with Crippen molar-refractivity contribution < 1.29 is 14.3 Å². The Kier molecular flexibility index (Phi) is 5.05. The highest BCUT2D eigenvalue weighted by molar-refractivity contribution is 5.78. The van der Waals surface area contributed by atoms with Crippen molar-refractivity contribution >= 4 is 18.0 Å². The normalized spacial score (nSPS) is 21.3. The first-order valence-electron chi connectivity index (χ1n) is 9.50. The third-order valence-corrected chi connectivity index (χ3v) is 5.47. The van der Waals surface area contributed by atoms with Crippen LogP contribution in [0, 0.1) is 0 Å². The molecule has 4 rings (SSSR count). The van der Waals surface area contributed by atoms with E-state index in [1.54, 1.807) is 0 Å². The van der Waals surface area contributed by atoms with Crippen LogP contribution in [0.1, 0.15) is 47.2 Å². The van der Waals surface area contributed by atoms with Gasteiger partial charge in [0.2, 0.25) is 0 Å². The van der Waals surface area contributed by atoms with Gasteiger partial charge in [-0.2, -0.15) is 0 Å². The standard InChI is InChI=1S/C23H23NO3/c25-15-17-9-11-19(12-10-17)20-13-21-7-4-8-22(14-20)24(21)23(26)27-16-18-5-2-1-3-6-18/h1-3,5-6,9-13,15,21-22H,4,7-8,14,16H2. The first kappa shape index (κ1) is 17.5. The summed E-state index contributed by atoms with van der Waals surface area (Å²) in [5.74, 6) is 0. The van der Waals surface area contributed by atoms with Gasteiger partial charge >= 0.3 is 6.09 Å². The van der Waals surface area contributed by atoms with Gasteiger partial charge < -0.3 is 4.74 Å². The smallest absolute Gasteiger partial charge is 0.410 e. The maximum absolute atomic E-state index is 12.7. The van der Waals surface area contributed by atoms with Gasteiger partial charge in [0.15, 0.2) is 0 Å². The molecule has 1 fully saturated rings. The third-order valence-electron chi connectivity index (χ3n) is 5.47. The second-order valence-corrected chi connectivity index (χ2v) is 7.24. The van der Waals surface area contributed by atoms with E-state index in [4.69, 9.17) is 4.74 Å². The van der Waals surface area contributed by atoms with E-state index in [0.717, 1.165) is 43.1 Å². The van der Waals surface area contributed by atoms with Gasteiger partial charge in [0.25, 0.3) is 0 Å². The summed E-state index contributed by atoms with van der Waals surface area (Å²) < 4.78 is 5.59. The van der Waals surface area contributed by atoms with Crippen LogP contribution in [-0.4, -0.2) is 29.4 Å². The van der Waals surface area contributed by atoms with E-state index in [1.807, 2.05) is 59.5 Å². The van der Waals surface area contributed by atoms with E-state index >= 15 is 0 Å². The predicted octanol–water partition coefficient (Wildman–Crippen LogP) is 4.85. The van der Waals surface area contributed by atoms with Crippen molar-refractivity contribution in [3.8, 4) is 0 Å². The van der Waals surface area contributed by atoms with E-state index < -0.39 is 0 Å². The molecule has 0 radical (unpaired) electrons. The highest BCUT2D eigenvalue weighted by Crippen LogP contribution is 2.37. The topological polar surface area (TPSA) is 46.6 Å². The summed E-state index contributed by atoms with van der Waals surface area (Å²) in [6, 6.07) is 17.7. The average Bonchev–Trinajstić information content (AvgIpc) is 2.72. The van der Waals surface area contributed by atoms with E-state index in [-0.39, 0.29) is 18.2 Å². The first-order chi connectivity index (χ1) is 13.2. The van der Waals surface area contributed by atoms with E-state index in [2.05, 4.69) is 6.08 Å². The fourth-order valence-electron chi connectivity index (χ4n) is 4.10. The lowest BCUT2D eigenvalue weighted by molar-refractivity contribution is 0.0510. The zero-order valence-electron chi connectivity index (χ0n) is 15.2. The summed E-state index contributed by atoms with van der Waals surface area (Å²) in [5.41, 5.74) is 4.07. The van der Waals surface area contributed by atoms with Gasteiger partial charge in [-0.05, 0) is 42.4 Å². The van der Waals surface area contributed by atoms with Gasteiger partial charge in [-0.15, -0.1) is 0 Å². The molecule has 0 aliphatic carbocycles. The lowest BCUT2D eigenvalue weighted by Gasteiger charge is -2.44. The van der Waals surface area contributed by atoms with Crippen LogP contribution in [0.5, 0.6) is 0 Å².